The SMILES string of the molecule is Cc1cc(C)c(S(=O)(=O)N2CCC(c3cc(N)on3)CC2)cc1C. The summed E-state index contributed by atoms with van der Waals surface area (Å²) in [6.45, 7) is 6.74. The number of aryl methyl sites for hydroxylation is 3. The van der Waals surface area contributed by atoms with Crippen LogP contribution in [0.2, 0.25) is 0 Å². The second kappa shape index (κ2) is 6.22. The van der Waals surface area contributed by atoms with Gasteiger partial charge < -0.3 is 10.3 Å². The average molecular weight is 349 g/mol. The number of hydrogen-bond donors (Lipinski definition) is 1. The summed E-state index contributed by atoms with van der Waals surface area (Å²) in [4.78, 5) is 0.412. The lowest BCUT2D eigenvalue weighted by molar-refractivity contribution is 0.309. The summed E-state index contributed by atoms with van der Waals surface area (Å²) >= 11 is 0. The molecule has 1 fully saturated rings. The molecule has 2 heterocycles. The van der Waals surface area contributed by atoms with Crippen LogP contribution in [0, 0.1) is 20.8 Å². The summed E-state index contributed by atoms with van der Waals surface area (Å²) in [5.74, 6) is 0.490. The van der Waals surface area contributed by atoms with Crippen molar-refractivity contribution in [1.29, 1.82) is 0 Å². The van der Waals surface area contributed by atoms with Crippen LogP contribution in [0.25, 0.3) is 0 Å². The molecular formula is C17H23N3O3S. The zero-order chi connectivity index (χ0) is 17.5. The monoisotopic (exact) mass is 349 g/mol. The molecule has 0 amide bonds. The molecule has 1 aromatic heterocycles. The van der Waals surface area contributed by atoms with E-state index in [1.54, 1.807) is 16.4 Å². The first-order valence-corrected chi connectivity index (χ1v) is 9.53. The smallest absolute Gasteiger partial charge is 0.243 e. The largest absolute Gasteiger partial charge is 0.368 e. The first kappa shape index (κ1) is 17.0. The van der Waals surface area contributed by atoms with Crippen molar-refractivity contribution in [2.75, 3.05) is 18.8 Å². The molecule has 130 valence electrons. The van der Waals surface area contributed by atoms with Gasteiger partial charge in [0.25, 0.3) is 0 Å². The van der Waals surface area contributed by atoms with Crippen LogP contribution >= 0.6 is 0 Å². The highest BCUT2D eigenvalue weighted by Gasteiger charge is 2.32. The lowest BCUT2D eigenvalue weighted by Crippen LogP contribution is -2.38. The maximum absolute atomic E-state index is 13.0. The van der Waals surface area contributed by atoms with Crippen molar-refractivity contribution < 1.29 is 12.9 Å². The van der Waals surface area contributed by atoms with Crippen molar-refractivity contribution in [1.82, 2.24) is 9.46 Å². The van der Waals surface area contributed by atoms with Crippen molar-refractivity contribution in [2.24, 2.45) is 0 Å². The molecule has 0 spiro atoms. The molecule has 1 aliphatic rings. The molecule has 1 saturated heterocycles. The first-order chi connectivity index (χ1) is 11.3. The number of nitrogens with zero attached hydrogens (tertiary/aromatic N) is 2. The summed E-state index contributed by atoms with van der Waals surface area (Å²) in [6, 6.07) is 5.44. The molecule has 0 atom stereocenters. The predicted molar refractivity (Wildman–Crippen MR) is 92.3 cm³/mol. The van der Waals surface area contributed by atoms with E-state index in [4.69, 9.17) is 10.3 Å². The fourth-order valence-electron chi connectivity index (χ4n) is 3.24. The minimum atomic E-state index is -3.47. The lowest BCUT2D eigenvalue weighted by atomic mass is 9.95. The van der Waals surface area contributed by atoms with E-state index in [9.17, 15) is 8.42 Å². The number of hydrogen-bond acceptors (Lipinski definition) is 5. The molecule has 0 bridgehead atoms. The van der Waals surface area contributed by atoms with Crippen molar-refractivity contribution in [3.05, 3.63) is 40.6 Å². The first-order valence-electron chi connectivity index (χ1n) is 8.09. The second-order valence-electron chi connectivity index (χ2n) is 6.53. The Bertz CT molecular complexity index is 850. The number of rotatable bonds is 3. The van der Waals surface area contributed by atoms with Gasteiger partial charge in [-0.05, 0) is 56.4 Å². The molecule has 1 aromatic carbocycles. The number of nitrogens with two attached hydrogens (primary N) is 1. The lowest BCUT2D eigenvalue weighted by Gasteiger charge is -2.30. The molecule has 7 heteroatoms. The molecule has 24 heavy (non-hydrogen) atoms. The highest BCUT2D eigenvalue weighted by atomic mass is 32.2. The number of sulfonamides is 1. The quantitative estimate of drug-likeness (QED) is 0.920. The second-order valence-corrected chi connectivity index (χ2v) is 8.44. The van der Waals surface area contributed by atoms with Crippen LogP contribution in [0.3, 0.4) is 0 Å². The number of anilines is 1. The topological polar surface area (TPSA) is 89.4 Å². The van der Waals surface area contributed by atoms with E-state index in [0.717, 1.165) is 35.2 Å². The Morgan fingerprint density at radius 3 is 2.29 bits per heavy atom. The van der Waals surface area contributed by atoms with E-state index >= 15 is 0 Å². The van der Waals surface area contributed by atoms with Gasteiger partial charge in [-0.3, -0.25) is 0 Å². The Balaban J connectivity index is 1.79. The Kier molecular flexibility index (Phi) is 4.40. The maximum Gasteiger partial charge on any atom is 0.243 e. The van der Waals surface area contributed by atoms with Crippen LogP contribution in [0.1, 0.15) is 41.1 Å². The third kappa shape index (κ3) is 3.06. The number of nitrogen functional groups attached to an aromatic ring is 1. The van der Waals surface area contributed by atoms with Crippen LogP contribution in [0.15, 0.2) is 27.6 Å². The van der Waals surface area contributed by atoms with Gasteiger partial charge in [0.2, 0.25) is 15.9 Å². The normalized spacial score (nSPS) is 17.3. The van der Waals surface area contributed by atoms with E-state index in [-0.39, 0.29) is 5.92 Å². The highest BCUT2D eigenvalue weighted by Crippen LogP contribution is 2.32. The van der Waals surface area contributed by atoms with Crippen LogP contribution < -0.4 is 5.73 Å². The Morgan fingerprint density at radius 2 is 1.71 bits per heavy atom. The fraction of sp³-hybridized carbons (Fsp3) is 0.471. The van der Waals surface area contributed by atoms with Crippen molar-refractivity contribution >= 4 is 15.9 Å². The van der Waals surface area contributed by atoms with Crippen LogP contribution in [-0.2, 0) is 10.0 Å². The standard InChI is InChI=1S/C17H23N3O3S/c1-11-8-13(3)16(9-12(11)2)24(21,22)20-6-4-14(5-7-20)15-10-17(18)23-19-15/h8-10,14H,4-7,18H2,1-3H3. The van der Waals surface area contributed by atoms with E-state index < -0.39 is 10.0 Å². The molecule has 1 aliphatic heterocycles. The molecule has 6 nitrogen and oxygen atoms in total. The van der Waals surface area contributed by atoms with Gasteiger partial charge in [0, 0.05) is 25.1 Å². The summed E-state index contributed by atoms with van der Waals surface area (Å²) in [7, 11) is -3.47. The van der Waals surface area contributed by atoms with Crippen LogP contribution in [0.4, 0.5) is 5.88 Å². The number of aromatic nitrogens is 1. The number of piperidine rings is 1. The zero-order valence-electron chi connectivity index (χ0n) is 14.2. The number of benzene rings is 1. The average Bonchev–Trinajstić information content (AvgIpc) is 2.97. The van der Waals surface area contributed by atoms with Crippen molar-refractivity contribution in [3.8, 4) is 0 Å². The zero-order valence-corrected chi connectivity index (χ0v) is 15.1. The Morgan fingerprint density at radius 1 is 1.08 bits per heavy atom. The Hall–Kier alpha value is -1.86. The van der Waals surface area contributed by atoms with Gasteiger partial charge >= 0.3 is 0 Å². The minimum Gasteiger partial charge on any atom is -0.368 e. The molecule has 0 aliphatic carbocycles. The van der Waals surface area contributed by atoms with Crippen LogP contribution in [-0.4, -0.2) is 31.0 Å². The van der Waals surface area contributed by atoms with Crippen LogP contribution in [0.5, 0.6) is 0 Å². The van der Waals surface area contributed by atoms with E-state index in [1.807, 2.05) is 26.8 Å². The van der Waals surface area contributed by atoms with E-state index in [1.165, 1.54) is 0 Å². The summed E-state index contributed by atoms with van der Waals surface area (Å²) in [5, 5.41) is 3.95. The molecular weight excluding hydrogens is 326 g/mol. The molecule has 0 radical (unpaired) electrons. The predicted octanol–water partition coefficient (Wildman–Crippen LogP) is 2.75. The van der Waals surface area contributed by atoms with Gasteiger partial charge in [-0.1, -0.05) is 11.2 Å². The summed E-state index contributed by atoms with van der Waals surface area (Å²) < 4.78 is 32.5. The van der Waals surface area contributed by atoms with Gasteiger partial charge in [0.15, 0.2) is 0 Å². The third-order valence-corrected chi connectivity index (χ3v) is 6.87. The molecule has 3 rings (SSSR count). The fourth-order valence-corrected chi connectivity index (χ4v) is 5.00. The van der Waals surface area contributed by atoms with Gasteiger partial charge in [0.1, 0.15) is 0 Å². The van der Waals surface area contributed by atoms with Gasteiger partial charge in [-0.15, -0.1) is 0 Å². The van der Waals surface area contributed by atoms with Crippen molar-refractivity contribution in [3.63, 3.8) is 0 Å². The molecule has 0 saturated carbocycles. The third-order valence-electron chi connectivity index (χ3n) is 4.83. The molecule has 2 N–H and O–H groups in total. The van der Waals surface area contributed by atoms with Crippen molar-refractivity contribution in [2.45, 2.75) is 44.4 Å². The van der Waals surface area contributed by atoms with Gasteiger partial charge in [-0.25, -0.2) is 8.42 Å². The minimum absolute atomic E-state index is 0.193. The maximum atomic E-state index is 13.0. The Labute approximate surface area is 142 Å². The van der Waals surface area contributed by atoms with E-state index in [2.05, 4.69) is 5.16 Å². The van der Waals surface area contributed by atoms with E-state index in [0.29, 0.717) is 23.9 Å². The summed E-state index contributed by atoms with van der Waals surface area (Å²) in [5.41, 5.74) is 9.27. The highest BCUT2D eigenvalue weighted by molar-refractivity contribution is 7.89. The van der Waals surface area contributed by atoms with Gasteiger partial charge in [0.05, 0.1) is 10.6 Å². The molecule has 0 unspecified atom stereocenters. The summed E-state index contributed by atoms with van der Waals surface area (Å²) in [6.07, 6.45) is 1.43. The van der Waals surface area contributed by atoms with Gasteiger partial charge in [-0.2, -0.15) is 4.31 Å². The molecule has 2 aromatic rings.